The molecule has 0 saturated carbocycles. The predicted molar refractivity (Wildman–Crippen MR) is 273 cm³/mol. The molecule has 13 rings (SSSR count). The SMILES string of the molecule is CC1(C)c2ccccc2-c2ccc(-c3c4cc(-c5cccc6ccccc56)ccc4c(-c4ccc5c(c4)C(C)(C)c4ccccc4-5)c4c5c(ccc34)[Si](C)(C)c3ccccc3-5)cc21. The molecule has 0 fully saturated rings. The van der Waals surface area contributed by atoms with Gasteiger partial charge in [0, 0.05) is 10.8 Å². The van der Waals surface area contributed by atoms with Crippen molar-refractivity contribution in [1.82, 2.24) is 0 Å². The van der Waals surface area contributed by atoms with Gasteiger partial charge in [0.15, 0.2) is 0 Å². The quantitative estimate of drug-likeness (QED) is 0.123. The summed E-state index contributed by atoms with van der Waals surface area (Å²) in [6, 6.07) is 70.2. The summed E-state index contributed by atoms with van der Waals surface area (Å²) in [7, 11) is -2.02. The van der Waals surface area contributed by atoms with Crippen molar-refractivity contribution in [3.05, 3.63) is 204 Å². The predicted octanol–water partition coefficient (Wildman–Crippen LogP) is 15.6. The molecule has 0 unspecified atom stereocenters. The third-order valence-corrected chi connectivity index (χ3v) is 19.2. The molecule has 0 saturated heterocycles. The number of benzene rings is 10. The highest BCUT2D eigenvalue weighted by Gasteiger charge is 2.41. The Morgan fingerprint density at radius 1 is 0.317 bits per heavy atom. The molecular weight excluding hydrogens is 773 g/mol. The summed E-state index contributed by atoms with van der Waals surface area (Å²) >= 11 is 0. The Morgan fingerprint density at radius 3 is 1.54 bits per heavy atom. The first-order chi connectivity index (χ1) is 30.5. The molecular formula is C62H48Si. The molecule has 0 radical (unpaired) electrons. The molecule has 2 aliphatic carbocycles. The molecule has 0 atom stereocenters. The standard InChI is InChI=1S/C62H48Si/c1-61(2)51-23-12-9-19-43(51)45-29-27-39(35-53(45)61)57-49-32-33-56-59(48-21-11-14-25-55(48)63(56,5)6)60(49)58(40-28-30-46-44-20-10-13-24-52(44)62(3,4)54(46)36-40)47-31-26-38(34-50(47)57)42-22-15-17-37-16-7-8-18-41(37)42/h7-36H,1-6H3. The highest BCUT2D eigenvalue weighted by Crippen LogP contribution is 2.55. The van der Waals surface area contributed by atoms with E-state index in [1.807, 2.05) is 0 Å². The Hall–Kier alpha value is -6.80. The average molecular weight is 821 g/mol. The van der Waals surface area contributed by atoms with Crippen LogP contribution in [0.1, 0.15) is 49.9 Å². The van der Waals surface area contributed by atoms with E-state index in [4.69, 9.17) is 0 Å². The van der Waals surface area contributed by atoms with Crippen LogP contribution in [0.4, 0.5) is 0 Å². The largest absolute Gasteiger partial charge is 0.113 e. The average Bonchev–Trinajstić information content (AvgIpc) is 3.79. The minimum absolute atomic E-state index is 0.118. The van der Waals surface area contributed by atoms with Crippen molar-refractivity contribution in [1.29, 1.82) is 0 Å². The van der Waals surface area contributed by atoms with Gasteiger partial charge in [-0.05, 0) is 150 Å². The second kappa shape index (κ2) is 12.7. The lowest BCUT2D eigenvalue weighted by Gasteiger charge is -2.25. The van der Waals surface area contributed by atoms with E-state index in [1.54, 1.807) is 0 Å². The Balaban J connectivity index is 1.20. The van der Waals surface area contributed by atoms with Crippen LogP contribution in [-0.2, 0) is 10.8 Å². The number of rotatable bonds is 3. The van der Waals surface area contributed by atoms with Crippen LogP contribution in [0.15, 0.2) is 182 Å². The van der Waals surface area contributed by atoms with Crippen LogP contribution >= 0.6 is 0 Å². The topological polar surface area (TPSA) is 0 Å². The molecule has 0 spiro atoms. The fourth-order valence-electron chi connectivity index (χ4n) is 12.5. The minimum Gasteiger partial charge on any atom is -0.0623 e. The summed E-state index contributed by atoms with van der Waals surface area (Å²) < 4.78 is 0. The van der Waals surface area contributed by atoms with Gasteiger partial charge in [-0.25, -0.2) is 0 Å². The smallest absolute Gasteiger partial charge is 0.0623 e. The van der Waals surface area contributed by atoms with E-state index >= 15 is 0 Å². The summed E-state index contributed by atoms with van der Waals surface area (Å²) in [4.78, 5) is 0. The van der Waals surface area contributed by atoms with Crippen molar-refractivity contribution in [2.75, 3.05) is 0 Å². The maximum Gasteiger partial charge on any atom is 0.113 e. The summed E-state index contributed by atoms with van der Waals surface area (Å²) in [5, 5.41) is 10.9. The normalized spacial score (nSPS) is 15.5. The molecule has 0 N–H and O–H groups in total. The summed E-state index contributed by atoms with van der Waals surface area (Å²) in [6.45, 7) is 14.7. The Kier molecular flexibility index (Phi) is 7.39. The zero-order chi connectivity index (χ0) is 42.6. The first-order valence-corrected chi connectivity index (χ1v) is 25.7. The van der Waals surface area contributed by atoms with Gasteiger partial charge < -0.3 is 0 Å². The summed E-state index contributed by atoms with van der Waals surface area (Å²) in [6.07, 6.45) is 0. The van der Waals surface area contributed by atoms with Crippen molar-refractivity contribution in [3.63, 3.8) is 0 Å². The fourth-order valence-corrected chi connectivity index (χ4v) is 15.6. The summed E-state index contributed by atoms with van der Waals surface area (Å²) in [5.41, 5.74) is 21.4. The van der Waals surface area contributed by atoms with E-state index in [2.05, 4.69) is 223 Å². The van der Waals surface area contributed by atoms with Crippen molar-refractivity contribution < 1.29 is 0 Å². The van der Waals surface area contributed by atoms with Crippen molar-refractivity contribution >= 4 is 50.8 Å². The molecule has 10 aromatic carbocycles. The van der Waals surface area contributed by atoms with Crippen LogP contribution in [0, 0.1) is 0 Å². The second-order valence-electron chi connectivity index (χ2n) is 20.0. The monoisotopic (exact) mass is 820 g/mol. The number of fused-ring (bicyclic) bond motifs is 13. The molecule has 0 amide bonds. The van der Waals surface area contributed by atoms with Crippen LogP contribution in [0.2, 0.25) is 13.1 Å². The lowest BCUT2D eigenvalue weighted by Crippen LogP contribution is -2.49. The maximum atomic E-state index is 2.56. The zero-order valence-electron chi connectivity index (χ0n) is 36.8. The molecule has 0 aromatic heterocycles. The highest BCUT2D eigenvalue weighted by molar-refractivity contribution is 7.04. The number of hydrogen-bond acceptors (Lipinski definition) is 0. The van der Waals surface area contributed by atoms with Gasteiger partial charge in [0.1, 0.15) is 8.07 Å². The van der Waals surface area contributed by atoms with Gasteiger partial charge in [0.05, 0.1) is 0 Å². The van der Waals surface area contributed by atoms with Gasteiger partial charge in [-0.3, -0.25) is 0 Å². The van der Waals surface area contributed by atoms with Crippen LogP contribution in [0.25, 0.3) is 99.1 Å². The molecule has 1 heterocycles. The summed E-state index contributed by atoms with van der Waals surface area (Å²) in [5.74, 6) is 0. The third-order valence-electron chi connectivity index (χ3n) is 15.7. The van der Waals surface area contributed by atoms with E-state index < -0.39 is 8.07 Å². The Labute approximate surface area is 371 Å². The third kappa shape index (κ3) is 4.86. The van der Waals surface area contributed by atoms with Crippen LogP contribution in [-0.4, -0.2) is 8.07 Å². The van der Waals surface area contributed by atoms with Crippen LogP contribution < -0.4 is 10.4 Å². The molecule has 63 heavy (non-hydrogen) atoms. The van der Waals surface area contributed by atoms with E-state index in [0.717, 1.165) is 0 Å². The van der Waals surface area contributed by atoms with Gasteiger partial charge in [-0.2, -0.15) is 0 Å². The first-order valence-electron chi connectivity index (χ1n) is 22.7. The Morgan fingerprint density at radius 2 is 0.841 bits per heavy atom. The molecule has 1 heteroatoms. The molecule has 1 aliphatic heterocycles. The van der Waals surface area contributed by atoms with E-state index in [-0.39, 0.29) is 10.8 Å². The molecule has 300 valence electrons. The van der Waals surface area contributed by atoms with E-state index in [0.29, 0.717) is 0 Å². The maximum absolute atomic E-state index is 2.56. The fraction of sp³-hybridized carbons (Fsp3) is 0.129. The van der Waals surface area contributed by atoms with Gasteiger partial charge in [-0.15, -0.1) is 0 Å². The van der Waals surface area contributed by atoms with Gasteiger partial charge in [-0.1, -0.05) is 205 Å². The molecule has 0 nitrogen and oxygen atoms in total. The molecule has 3 aliphatic rings. The minimum atomic E-state index is -2.02. The van der Waals surface area contributed by atoms with Gasteiger partial charge in [0.2, 0.25) is 0 Å². The highest BCUT2D eigenvalue weighted by atomic mass is 28.3. The lowest BCUT2D eigenvalue weighted by molar-refractivity contribution is 0.660. The van der Waals surface area contributed by atoms with Crippen LogP contribution in [0.5, 0.6) is 0 Å². The molecule has 10 aromatic rings. The lowest BCUT2D eigenvalue weighted by atomic mass is 9.78. The number of hydrogen-bond donors (Lipinski definition) is 0. The Bertz CT molecular complexity index is 3650. The second-order valence-corrected chi connectivity index (χ2v) is 24.3. The zero-order valence-corrected chi connectivity index (χ0v) is 37.8. The van der Waals surface area contributed by atoms with Crippen molar-refractivity contribution in [3.8, 4) is 66.8 Å². The van der Waals surface area contributed by atoms with Gasteiger partial charge >= 0.3 is 0 Å². The van der Waals surface area contributed by atoms with E-state index in [1.165, 1.54) is 132 Å². The van der Waals surface area contributed by atoms with Gasteiger partial charge in [0.25, 0.3) is 0 Å². The van der Waals surface area contributed by atoms with Crippen molar-refractivity contribution in [2.24, 2.45) is 0 Å². The molecule has 0 bridgehead atoms. The van der Waals surface area contributed by atoms with Crippen molar-refractivity contribution in [2.45, 2.75) is 51.6 Å². The van der Waals surface area contributed by atoms with E-state index in [9.17, 15) is 0 Å². The first kappa shape index (κ1) is 36.8. The van der Waals surface area contributed by atoms with Crippen LogP contribution in [0.3, 0.4) is 0 Å².